The summed E-state index contributed by atoms with van der Waals surface area (Å²) in [4.78, 5) is 0. The number of aliphatic hydroxyl groups excluding tert-OH is 2. The van der Waals surface area contributed by atoms with Gasteiger partial charge < -0.3 is 10.2 Å². The molecule has 1 aliphatic rings. The van der Waals surface area contributed by atoms with Gasteiger partial charge in [0.05, 0.1) is 6.10 Å². The van der Waals surface area contributed by atoms with Gasteiger partial charge in [-0.05, 0) is 30.6 Å². The molecule has 1 saturated carbocycles. The predicted molar refractivity (Wildman–Crippen MR) is 48.8 cm³/mol. The molecule has 12 heavy (non-hydrogen) atoms. The van der Waals surface area contributed by atoms with Crippen LogP contribution in [0.15, 0.2) is 0 Å². The van der Waals surface area contributed by atoms with Crippen LogP contribution in [-0.2, 0) is 0 Å². The fourth-order valence-electron chi connectivity index (χ4n) is 2.17. The molecule has 0 radical (unpaired) electrons. The summed E-state index contributed by atoms with van der Waals surface area (Å²) in [5.41, 5.74) is 0. The lowest BCUT2D eigenvalue weighted by Crippen LogP contribution is -2.34. The van der Waals surface area contributed by atoms with E-state index in [0.29, 0.717) is 11.8 Å². The van der Waals surface area contributed by atoms with Crippen LogP contribution >= 0.6 is 0 Å². The van der Waals surface area contributed by atoms with E-state index in [2.05, 4.69) is 6.92 Å². The zero-order valence-corrected chi connectivity index (χ0v) is 8.03. The van der Waals surface area contributed by atoms with Gasteiger partial charge in [0, 0.05) is 6.61 Å². The van der Waals surface area contributed by atoms with Crippen molar-refractivity contribution in [2.75, 3.05) is 6.61 Å². The van der Waals surface area contributed by atoms with E-state index in [1.54, 1.807) is 0 Å². The molecule has 0 aromatic rings. The maximum Gasteiger partial charge on any atom is 0.0574 e. The summed E-state index contributed by atoms with van der Waals surface area (Å²) in [5.74, 6) is 1.24. The van der Waals surface area contributed by atoms with Crippen molar-refractivity contribution in [1.82, 2.24) is 0 Å². The van der Waals surface area contributed by atoms with E-state index in [1.165, 1.54) is 6.42 Å². The van der Waals surface area contributed by atoms with Gasteiger partial charge in [0.1, 0.15) is 0 Å². The second-order valence-corrected chi connectivity index (χ2v) is 4.31. The Morgan fingerprint density at radius 2 is 2.08 bits per heavy atom. The van der Waals surface area contributed by atoms with E-state index < -0.39 is 0 Å². The molecule has 0 aromatic carbocycles. The minimum absolute atomic E-state index is 0.184. The highest BCUT2D eigenvalue weighted by Crippen LogP contribution is 2.33. The van der Waals surface area contributed by atoms with E-state index >= 15 is 0 Å². The van der Waals surface area contributed by atoms with Gasteiger partial charge in [0.2, 0.25) is 0 Å². The Bertz CT molecular complexity index is 136. The maximum atomic E-state index is 9.73. The quantitative estimate of drug-likeness (QED) is 0.661. The normalized spacial score (nSPS) is 39.5. The maximum absolute atomic E-state index is 9.73. The first-order valence-corrected chi connectivity index (χ1v) is 4.94. The van der Waals surface area contributed by atoms with E-state index in [9.17, 15) is 5.11 Å². The smallest absolute Gasteiger partial charge is 0.0574 e. The highest BCUT2D eigenvalue weighted by molar-refractivity contribution is 4.80. The summed E-state index contributed by atoms with van der Waals surface area (Å²) in [6.07, 6.45) is 3.00. The molecule has 72 valence electrons. The summed E-state index contributed by atoms with van der Waals surface area (Å²) >= 11 is 0. The summed E-state index contributed by atoms with van der Waals surface area (Å²) in [5, 5.41) is 18.7. The molecule has 0 aromatic heterocycles. The molecule has 1 rings (SSSR count). The topological polar surface area (TPSA) is 40.5 Å². The van der Waals surface area contributed by atoms with Crippen LogP contribution in [0.25, 0.3) is 0 Å². The van der Waals surface area contributed by atoms with Crippen LogP contribution in [0.3, 0.4) is 0 Å². The Hall–Kier alpha value is -0.0800. The highest BCUT2D eigenvalue weighted by Gasteiger charge is 2.30. The van der Waals surface area contributed by atoms with Gasteiger partial charge in [-0.15, -0.1) is 0 Å². The molecule has 0 aliphatic heterocycles. The lowest BCUT2D eigenvalue weighted by Gasteiger charge is -2.34. The zero-order chi connectivity index (χ0) is 9.14. The SMILES string of the molecule is C[C@@H]1CC[C@@H]([C@H](C)CO)[C@@H](O)C1. The van der Waals surface area contributed by atoms with Crippen molar-refractivity contribution < 1.29 is 10.2 Å². The highest BCUT2D eigenvalue weighted by atomic mass is 16.3. The summed E-state index contributed by atoms with van der Waals surface area (Å²) in [7, 11) is 0. The van der Waals surface area contributed by atoms with Crippen molar-refractivity contribution in [3.63, 3.8) is 0 Å². The first kappa shape index (κ1) is 10.0. The van der Waals surface area contributed by atoms with E-state index in [0.717, 1.165) is 12.8 Å². The third-order valence-corrected chi connectivity index (χ3v) is 3.15. The van der Waals surface area contributed by atoms with Crippen LogP contribution in [0.1, 0.15) is 33.1 Å². The summed E-state index contributed by atoms with van der Waals surface area (Å²) in [6.45, 7) is 4.41. The standard InChI is InChI=1S/C10H20O2/c1-7-3-4-9(8(2)6-11)10(12)5-7/h7-12H,3-6H2,1-2H3/t7-,8-,9+,10+/m1/s1. The third kappa shape index (κ3) is 2.20. The molecule has 0 heterocycles. The molecule has 2 heteroatoms. The van der Waals surface area contributed by atoms with Crippen LogP contribution < -0.4 is 0 Å². The van der Waals surface area contributed by atoms with Gasteiger partial charge in [0.15, 0.2) is 0 Å². The lowest BCUT2D eigenvalue weighted by molar-refractivity contribution is 0.00804. The molecule has 0 spiro atoms. The summed E-state index contributed by atoms with van der Waals surface area (Å²) < 4.78 is 0. The lowest BCUT2D eigenvalue weighted by atomic mass is 9.75. The molecule has 2 N–H and O–H groups in total. The van der Waals surface area contributed by atoms with Gasteiger partial charge in [-0.1, -0.05) is 20.3 Å². The molecule has 0 bridgehead atoms. The Balaban J connectivity index is 2.44. The minimum atomic E-state index is -0.184. The second kappa shape index (κ2) is 4.24. The third-order valence-electron chi connectivity index (χ3n) is 3.15. The molecule has 0 saturated heterocycles. The van der Waals surface area contributed by atoms with Gasteiger partial charge in [-0.25, -0.2) is 0 Å². The largest absolute Gasteiger partial charge is 0.396 e. The fourth-order valence-corrected chi connectivity index (χ4v) is 2.17. The molecule has 4 atom stereocenters. The van der Waals surface area contributed by atoms with Crippen molar-refractivity contribution in [3.05, 3.63) is 0 Å². The van der Waals surface area contributed by atoms with E-state index in [-0.39, 0.29) is 18.6 Å². The Labute approximate surface area is 74.6 Å². The van der Waals surface area contributed by atoms with Gasteiger partial charge in [0.25, 0.3) is 0 Å². The number of hydrogen-bond donors (Lipinski definition) is 2. The van der Waals surface area contributed by atoms with Crippen molar-refractivity contribution in [1.29, 1.82) is 0 Å². The molecule has 1 aliphatic carbocycles. The molecule has 0 amide bonds. The summed E-state index contributed by atoms with van der Waals surface area (Å²) in [6, 6.07) is 0. The van der Waals surface area contributed by atoms with Crippen molar-refractivity contribution in [2.24, 2.45) is 17.8 Å². The average molecular weight is 172 g/mol. The molecule has 0 unspecified atom stereocenters. The van der Waals surface area contributed by atoms with Crippen molar-refractivity contribution >= 4 is 0 Å². The number of hydrogen-bond acceptors (Lipinski definition) is 2. The monoisotopic (exact) mass is 172 g/mol. The minimum Gasteiger partial charge on any atom is -0.396 e. The number of rotatable bonds is 2. The van der Waals surface area contributed by atoms with Crippen molar-refractivity contribution in [3.8, 4) is 0 Å². The molecule has 2 nitrogen and oxygen atoms in total. The Morgan fingerprint density at radius 3 is 2.58 bits per heavy atom. The first-order valence-electron chi connectivity index (χ1n) is 4.94. The number of aliphatic hydroxyl groups is 2. The predicted octanol–water partition coefficient (Wildman–Crippen LogP) is 1.41. The van der Waals surface area contributed by atoms with E-state index in [4.69, 9.17) is 5.11 Å². The first-order chi connectivity index (χ1) is 5.65. The average Bonchev–Trinajstić information content (AvgIpc) is 2.03. The Morgan fingerprint density at radius 1 is 1.42 bits per heavy atom. The van der Waals surface area contributed by atoms with Crippen LogP contribution in [-0.4, -0.2) is 22.9 Å². The second-order valence-electron chi connectivity index (χ2n) is 4.31. The zero-order valence-electron chi connectivity index (χ0n) is 8.03. The van der Waals surface area contributed by atoms with E-state index in [1.807, 2.05) is 6.92 Å². The molecular formula is C10H20O2. The van der Waals surface area contributed by atoms with Crippen LogP contribution in [0.2, 0.25) is 0 Å². The van der Waals surface area contributed by atoms with Crippen molar-refractivity contribution in [2.45, 2.75) is 39.2 Å². The van der Waals surface area contributed by atoms with Gasteiger partial charge in [-0.3, -0.25) is 0 Å². The Kier molecular flexibility index (Phi) is 3.53. The van der Waals surface area contributed by atoms with Crippen LogP contribution in [0.4, 0.5) is 0 Å². The van der Waals surface area contributed by atoms with Crippen LogP contribution in [0.5, 0.6) is 0 Å². The van der Waals surface area contributed by atoms with Crippen LogP contribution in [0, 0.1) is 17.8 Å². The fraction of sp³-hybridized carbons (Fsp3) is 1.00. The van der Waals surface area contributed by atoms with Gasteiger partial charge >= 0.3 is 0 Å². The molecule has 1 fully saturated rings. The molecular weight excluding hydrogens is 152 g/mol. The van der Waals surface area contributed by atoms with Gasteiger partial charge in [-0.2, -0.15) is 0 Å².